The van der Waals surface area contributed by atoms with Gasteiger partial charge in [0.1, 0.15) is 11.9 Å². The first-order valence-electron chi connectivity index (χ1n) is 15.4. The fraction of sp³-hybridized carbons (Fsp3) is 0.343. The summed E-state index contributed by atoms with van der Waals surface area (Å²) in [5, 5.41) is 3.29. The van der Waals surface area contributed by atoms with Crippen LogP contribution < -0.4 is 20.7 Å². The summed E-state index contributed by atoms with van der Waals surface area (Å²) in [6, 6.07) is 24.3. The van der Waals surface area contributed by atoms with Gasteiger partial charge in [0.2, 0.25) is 17.9 Å². The van der Waals surface area contributed by atoms with Gasteiger partial charge in [0.25, 0.3) is 0 Å². The highest BCUT2D eigenvalue weighted by atomic mass is 19.4. The van der Waals surface area contributed by atoms with Crippen molar-refractivity contribution in [1.82, 2.24) is 15.3 Å². The molecule has 8 nitrogen and oxygen atoms in total. The van der Waals surface area contributed by atoms with E-state index in [-0.39, 0.29) is 34.8 Å². The molecule has 2 saturated heterocycles. The number of halogens is 3. The second-order valence-corrected chi connectivity index (χ2v) is 11.9. The van der Waals surface area contributed by atoms with Crippen LogP contribution in [0.25, 0.3) is 22.3 Å². The Morgan fingerprint density at radius 1 is 0.978 bits per heavy atom. The van der Waals surface area contributed by atoms with Crippen LogP contribution in [0, 0.1) is 5.41 Å². The summed E-state index contributed by atoms with van der Waals surface area (Å²) in [4.78, 5) is 22.6. The average molecular weight is 632 g/mol. The lowest BCUT2D eigenvalue weighted by Crippen LogP contribution is -2.41. The number of nitrogens with zero attached hydrogens (tertiary/aromatic N) is 3. The summed E-state index contributed by atoms with van der Waals surface area (Å²) >= 11 is 0. The molecule has 3 N–H and O–H groups in total. The van der Waals surface area contributed by atoms with Crippen LogP contribution in [0.2, 0.25) is 0 Å². The number of hydrogen-bond acceptors (Lipinski definition) is 8. The van der Waals surface area contributed by atoms with Crippen molar-refractivity contribution < 1.29 is 27.4 Å². The number of alkyl halides is 3. The van der Waals surface area contributed by atoms with Crippen LogP contribution in [0.5, 0.6) is 5.88 Å². The molecule has 2 atom stereocenters. The van der Waals surface area contributed by atoms with E-state index in [9.17, 15) is 18.0 Å². The third kappa shape index (κ3) is 6.79. The van der Waals surface area contributed by atoms with Gasteiger partial charge in [-0.15, -0.1) is 0 Å². The second kappa shape index (κ2) is 13.0. The van der Waals surface area contributed by atoms with Gasteiger partial charge in [-0.25, -0.2) is 0 Å². The molecule has 0 unspecified atom stereocenters. The summed E-state index contributed by atoms with van der Waals surface area (Å²) in [6.45, 7) is 4.00. The van der Waals surface area contributed by atoms with Crippen molar-refractivity contribution in [1.29, 1.82) is 0 Å². The Labute approximate surface area is 265 Å². The molecule has 0 amide bonds. The SMILES string of the molecule is CCOC(=O)[C@@H]1CC2(CCN(c3cc(O[C@H](c4cc(-c5ccccc5)ccc4-c4ccccc4)C(F)(F)F)nc(N)n3)CC2)CN1. The van der Waals surface area contributed by atoms with Crippen LogP contribution in [0.4, 0.5) is 24.9 Å². The topological polar surface area (TPSA) is 103 Å². The molecule has 0 radical (unpaired) electrons. The summed E-state index contributed by atoms with van der Waals surface area (Å²) in [5.74, 6) is -0.289. The minimum atomic E-state index is -4.78. The molecule has 46 heavy (non-hydrogen) atoms. The van der Waals surface area contributed by atoms with Gasteiger partial charge in [0.15, 0.2) is 0 Å². The number of esters is 1. The molecule has 0 aliphatic carbocycles. The van der Waals surface area contributed by atoms with Gasteiger partial charge in [-0.1, -0.05) is 72.8 Å². The predicted octanol–water partition coefficient (Wildman–Crippen LogP) is 6.59. The Bertz CT molecular complexity index is 1660. The zero-order valence-corrected chi connectivity index (χ0v) is 25.5. The van der Waals surface area contributed by atoms with Gasteiger partial charge < -0.3 is 25.4 Å². The van der Waals surface area contributed by atoms with Crippen LogP contribution >= 0.6 is 0 Å². The van der Waals surface area contributed by atoms with Crippen LogP contribution in [0.1, 0.15) is 37.9 Å². The van der Waals surface area contributed by atoms with E-state index in [0.29, 0.717) is 55.2 Å². The number of ether oxygens (including phenoxy) is 2. The molecule has 0 saturated carbocycles. The fourth-order valence-corrected chi connectivity index (χ4v) is 6.47. The van der Waals surface area contributed by atoms with Crippen molar-refractivity contribution in [2.24, 2.45) is 5.41 Å². The molecule has 240 valence electrons. The molecule has 4 aromatic rings. The fourth-order valence-electron chi connectivity index (χ4n) is 6.47. The van der Waals surface area contributed by atoms with Crippen molar-refractivity contribution in [3.63, 3.8) is 0 Å². The number of carbonyl (C=O) groups excluding carboxylic acids is 1. The maximum Gasteiger partial charge on any atom is 0.429 e. The van der Waals surface area contributed by atoms with Gasteiger partial charge in [-0.2, -0.15) is 23.1 Å². The highest BCUT2D eigenvalue weighted by Gasteiger charge is 2.46. The summed E-state index contributed by atoms with van der Waals surface area (Å²) < 4.78 is 55.7. The van der Waals surface area contributed by atoms with Crippen molar-refractivity contribution in [3.05, 3.63) is 90.5 Å². The molecule has 1 aromatic heterocycles. The van der Waals surface area contributed by atoms with Gasteiger partial charge in [0, 0.05) is 31.3 Å². The minimum absolute atomic E-state index is 0.0383. The number of rotatable bonds is 8. The number of hydrogen-bond donors (Lipinski definition) is 2. The molecule has 6 rings (SSSR count). The lowest BCUT2D eigenvalue weighted by molar-refractivity contribution is -0.198. The van der Waals surface area contributed by atoms with E-state index in [1.54, 1.807) is 37.3 Å². The Kier molecular flexibility index (Phi) is 8.86. The highest BCUT2D eigenvalue weighted by Crippen LogP contribution is 2.44. The van der Waals surface area contributed by atoms with Crippen LogP contribution in [0.3, 0.4) is 0 Å². The Morgan fingerprint density at radius 3 is 2.30 bits per heavy atom. The number of nitrogens with one attached hydrogen (secondary N) is 1. The van der Waals surface area contributed by atoms with Gasteiger partial charge >= 0.3 is 12.1 Å². The lowest BCUT2D eigenvalue weighted by atomic mass is 9.76. The standard InChI is InChI=1S/C35H36F3N5O3/c1-2-45-32(44)28-21-34(22-40-28)15-17-43(18-16-34)29-20-30(42-33(39)41-29)46-31(35(36,37)38)27-19-25(23-9-5-3-6-10-23)13-14-26(27)24-11-7-4-8-12-24/h3-14,19-20,28,31,40H,2,15-18,21-22H2,1H3,(H2,39,41,42)/t28-,31+/m0/s1. The van der Waals surface area contributed by atoms with E-state index >= 15 is 0 Å². The Morgan fingerprint density at radius 2 is 1.65 bits per heavy atom. The highest BCUT2D eigenvalue weighted by molar-refractivity contribution is 5.76. The largest absolute Gasteiger partial charge is 0.465 e. The molecular weight excluding hydrogens is 595 g/mol. The summed E-state index contributed by atoms with van der Waals surface area (Å²) in [5.41, 5.74) is 8.38. The van der Waals surface area contributed by atoms with Crippen molar-refractivity contribution in [2.45, 2.75) is 44.5 Å². The number of benzene rings is 3. The van der Waals surface area contributed by atoms with Gasteiger partial charge in [-0.05, 0) is 59.9 Å². The minimum Gasteiger partial charge on any atom is -0.465 e. The van der Waals surface area contributed by atoms with Crippen molar-refractivity contribution >= 4 is 17.7 Å². The van der Waals surface area contributed by atoms with Gasteiger partial charge in [-0.3, -0.25) is 4.79 Å². The number of piperidine rings is 1. The van der Waals surface area contributed by atoms with Crippen molar-refractivity contribution in [3.8, 4) is 28.1 Å². The number of anilines is 2. The third-order valence-corrected chi connectivity index (χ3v) is 8.85. The first-order valence-corrected chi connectivity index (χ1v) is 15.4. The van der Waals surface area contributed by atoms with E-state index in [1.807, 2.05) is 47.4 Å². The second-order valence-electron chi connectivity index (χ2n) is 11.9. The predicted molar refractivity (Wildman–Crippen MR) is 170 cm³/mol. The van der Waals surface area contributed by atoms with E-state index in [1.165, 1.54) is 12.1 Å². The smallest absolute Gasteiger partial charge is 0.429 e. The lowest BCUT2D eigenvalue weighted by Gasteiger charge is -2.39. The van der Waals surface area contributed by atoms with E-state index < -0.39 is 12.3 Å². The average Bonchev–Trinajstić information content (AvgIpc) is 3.47. The maximum absolute atomic E-state index is 14.9. The molecule has 11 heteroatoms. The van der Waals surface area contributed by atoms with Crippen LogP contribution in [0.15, 0.2) is 84.9 Å². The number of carbonyl (C=O) groups is 1. The monoisotopic (exact) mass is 631 g/mol. The quantitative estimate of drug-likeness (QED) is 0.210. The van der Waals surface area contributed by atoms with Crippen molar-refractivity contribution in [2.75, 3.05) is 36.9 Å². The molecule has 1 spiro atoms. The van der Waals surface area contributed by atoms with Crippen LogP contribution in [-0.2, 0) is 9.53 Å². The molecule has 3 aromatic carbocycles. The molecule has 3 heterocycles. The van der Waals surface area contributed by atoms with E-state index in [0.717, 1.165) is 18.4 Å². The number of aromatic nitrogens is 2. The third-order valence-electron chi connectivity index (χ3n) is 8.85. The molecule has 2 aliphatic heterocycles. The molecule has 2 aliphatic rings. The molecule has 0 bridgehead atoms. The number of nitrogen functional groups attached to an aromatic ring is 1. The Balaban J connectivity index is 1.28. The normalized spacial score (nSPS) is 18.3. The maximum atomic E-state index is 14.9. The number of nitrogens with two attached hydrogens (primary N) is 1. The molecule has 2 fully saturated rings. The summed E-state index contributed by atoms with van der Waals surface area (Å²) in [6.07, 6.45) is -4.88. The zero-order valence-electron chi connectivity index (χ0n) is 25.5. The van der Waals surface area contributed by atoms with Gasteiger partial charge in [0.05, 0.1) is 6.61 Å². The van der Waals surface area contributed by atoms with E-state index in [2.05, 4.69) is 15.3 Å². The first-order chi connectivity index (χ1) is 22.1. The summed E-state index contributed by atoms with van der Waals surface area (Å²) in [7, 11) is 0. The molecular formula is C35H36F3N5O3. The Hall–Kier alpha value is -4.64. The van der Waals surface area contributed by atoms with Crippen LogP contribution in [-0.4, -0.2) is 54.4 Å². The first kappa shape index (κ1) is 31.3. The van der Waals surface area contributed by atoms with E-state index in [4.69, 9.17) is 15.2 Å². The zero-order chi connectivity index (χ0) is 32.3.